The van der Waals surface area contributed by atoms with E-state index in [0.29, 0.717) is 36.5 Å². The van der Waals surface area contributed by atoms with Crippen molar-refractivity contribution in [2.45, 2.75) is 52.4 Å². The fraction of sp³-hybridized carbons (Fsp3) is 0.412. The Labute approximate surface area is 266 Å². The molecule has 2 heterocycles. The molecule has 0 N–H and O–H groups in total. The van der Waals surface area contributed by atoms with Gasteiger partial charge in [0.25, 0.3) is 0 Å². The SMILES string of the molecule is COC(=O)CC1Cc2ccc(OCCCN(C(=O)OCC(C)C)c3ccccn3)cc2CN(Cc2ccc(C(F)(F)F)cc2)C1=O. The molecule has 0 saturated heterocycles. The van der Waals surface area contributed by atoms with Gasteiger partial charge in [-0.2, -0.15) is 13.2 Å². The predicted molar refractivity (Wildman–Crippen MR) is 164 cm³/mol. The molecule has 0 spiro atoms. The zero-order chi connectivity index (χ0) is 33.3. The van der Waals surface area contributed by atoms with Crippen molar-refractivity contribution in [3.8, 4) is 5.75 Å². The molecule has 0 radical (unpaired) electrons. The Balaban J connectivity index is 1.46. The average molecular weight is 642 g/mol. The van der Waals surface area contributed by atoms with Crippen molar-refractivity contribution in [2.75, 3.05) is 31.8 Å². The first-order chi connectivity index (χ1) is 21.9. The van der Waals surface area contributed by atoms with Crippen LogP contribution in [0, 0.1) is 11.8 Å². The zero-order valence-electron chi connectivity index (χ0n) is 26.1. The number of fused-ring (bicyclic) bond motifs is 1. The highest BCUT2D eigenvalue weighted by Gasteiger charge is 2.33. The molecule has 0 saturated carbocycles. The van der Waals surface area contributed by atoms with Crippen LogP contribution in [-0.4, -0.2) is 54.7 Å². The summed E-state index contributed by atoms with van der Waals surface area (Å²) >= 11 is 0. The van der Waals surface area contributed by atoms with Crippen molar-refractivity contribution in [3.05, 3.63) is 89.1 Å². The van der Waals surface area contributed by atoms with E-state index in [1.807, 2.05) is 26.0 Å². The molecule has 1 aliphatic rings. The Bertz CT molecular complexity index is 1480. The van der Waals surface area contributed by atoms with Gasteiger partial charge in [0.05, 0.1) is 38.2 Å². The van der Waals surface area contributed by atoms with Gasteiger partial charge in [-0.25, -0.2) is 9.78 Å². The number of aromatic nitrogens is 1. The van der Waals surface area contributed by atoms with Crippen LogP contribution in [0.3, 0.4) is 0 Å². The molecule has 246 valence electrons. The molecule has 1 atom stereocenters. The minimum Gasteiger partial charge on any atom is -0.494 e. The van der Waals surface area contributed by atoms with E-state index in [9.17, 15) is 27.6 Å². The quantitative estimate of drug-likeness (QED) is 0.166. The molecule has 2 aromatic carbocycles. The molecule has 1 unspecified atom stereocenters. The van der Waals surface area contributed by atoms with Gasteiger partial charge < -0.3 is 19.1 Å². The summed E-state index contributed by atoms with van der Waals surface area (Å²) in [6.45, 7) is 5.02. The van der Waals surface area contributed by atoms with Crippen molar-refractivity contribution in [1.82, 2.24) is 9.88 Å². The maximum atomic E-state index is 13.6. The summed E-state index contributed by atoms with van der Waals surface area (Å²) in [5.41, 5.74) is 1.42. The lowest BCUT2D eigenvalue weighted by atomic mass is 9.94. The Morgan fingerprint density at radius 1 is 1.07 bits per heavy atom. The Hall–Kier alpha value is -4.61. The molecule has 3 aromatic rings. The van der Waals surface area contributed by atoms with Crippen LogP contribution >= 0.6 is 0 Å². The number of hydrogen-bond acceptors (Lipinski definition) is 7. The number of hydrogen-bond donors (Lipinski definition) is 0. The third-order valence-electron chi connectivity index (χ3n) is 7.44. The maximum Gasteiger partial charge on any atom is 0.416 e. The molecular weight excluding hydrogens is 603 g/mol. The van der Waals surface area contributed by atoms with Gasteiger partial charge in [0.2, 0.25) is 5.91 Å². The van der Waals surface area contributed by atoms with Crippen LogP contribution in [0.5, 0.6) is 5.75 Å². The predicted octanol–water partition coefficient (Wildman–Crippen LogP) is 6.43. The van der Waals surface area contributed by atoms with E-state index in [2.05, 4.69) is 4.98 Å². The van der Waals surface area contributed by atoms with Gasteiger partial charge in [-0.15, -0.1) is 0 Å². The van der Waals surface area contributed by atoms with Crippen LogP contribution < -0.4 is 9.64 Å². The lowest BCUT2D eigenvalue weighted by Gasteiger charge is -2.24. The molecule has 2 amide bonds. The number of carbonyl (C=O) groups is 3. The van der Waals surface area contributed by atoms with Gasteiger partial charge in [-0.1, -0.05) is 38.1 Å². The highest BCUT2D eigenvalue weighted by Crippen LogP contribution is 2.31. The molecule has 46 heavy (non-hydrogen) atoms. The molecule has 9 nitrogen and oxygen atoms in total. The number of pyridine rings is 1. The summed E-state index contributed by atoms with van der Waals surface area (Å²) in [4.78, 5) is 45.8. The summed E-state index contributed by atoms with van der Waals surface area (Å²) < 4.78 is 55.5. The molecule has 0 fully saturated rings. The molecular formula is C34H38F3N3O6. The monoisotopic (exact) mass is 641 g/mol. The average Bonchev–Trinajstić information content (AvgIpc) is 3.15. The number of benzene rings is 2. The third kappa shape index (κ3) is 9.45. The number of carbonyl (C=O) groups excluding carboxylic acids is 3. The number of halogens is 3. The first-order valence-electron chi connectivity index (χ1n) is 15.1. The number of rotatable bonds is 12. The highest BCUT2D eigenvalue weighted by molar-refractivity contribution is 5.86. The summed E-state index contributed by atoms with van der Waals surface area (Å²) in [7, 11) is 1.26. The standard InChI is InChI=1S/C34H38F3N3O6/c1-23(2)22-46-33(43)40(30-7-4-5-14-38-30)15-6-16-45-29-13-10-25-17-26(19-31(41)44-3)32(42)39(21-27(25)18-29)20-24-8-11-28(12-9-24)34(35,36)37/h4-5,7-14,18,23,26H,6,15-17,19-22H2,1-3H3. The number of alkyl halides is 3. The lowest BCUT2D eigenvalue weighted by Crippen LogP contribution is -2.35. The minimum absolute atomic E-state index is 0.0649. The number of methoxy groups -OCH3 is 1. The molecule has 0 bridgehead atoms. The molecule has 1 aliphatic heterocycles. The summed E-state index contributed by atoms with van der Waals surface area (Å²) in [6.07, 6.45) is -2.70. The number of nitrogens with zero attached hydrogens (tertiary/aromatic N) is 3. The Kier molecular flexibility index (Phi) is 11.6. The Morgan fingerprint density at radius 2 is 1.83 bits per heavy atom. The van der Waals surface area contributed by atoms with E-state index in [0.717, 1.165) is 23.3 Å². The second-order valence-electron chi connectivity index (χ2n) is 11.5. The summed E-state index contributed by atoms with van der Waals surface area (Å²) in [6, 6.07) is 15.4. The first kappa shape index (κ1) is 34.3. The van der Waals surface area contributed by atoms with Crippen LogP contribution in [0.4, 0.5) is 23.8 Å². The summed E-state index contributed by atoms with van der Waals surface area (Å²) in [5.74, 6) is -0.294. The molecule has 0 aliphatic carbocycles. The fourth-order valence-corrected chi connectivity index (χ4v) is 5.07. The van der Waals surface area contributed by atoms with E-state index < -0.39 is 29.7 Å². The number of ether oxygens (including phenoxy) is 3. The van der Waals surface area contributed by atoms with Crippen LogP contribution in [0.15, 0.2) is 66.9 Å². The van der Waals surface area contributed by atoms with Crippen LogP contribution in [0.25, 0.3) is 0 Å². The van der Waals surface area contributed by atoms with Crippen molar-refractivity contribution < 1.29 is 41.8 Å². The second kappa shape index (κ2) is 15.6. The van der Waals surface area contributed by atoms with E-state index in [-0.39, 0.29) is 44.5 Å². The van der Waals surface area contributed by atoms with Gasteiger partial charge >= 0.3 is 18.2 Å². The van der Waals surface area contributed by atoms with Gasteiger partial charge in [0.1, 0.15) is 11.6 Å². The van der Waals surface area contributed by atoms with Gasteiger partial charge in [0.15, 0.2) is 0 Å². The zero-order valence-corrected chi connectivity index (χ0v) is 26.1. The summed E-state index contributed by atoms with van der Waals surface area (Å²) in [5, 5.41) is 0. The highest BCUT2D eigenvalue weighted by atomic mass is 19.4. The first-order valence-corrected chi connectivity index (χ1v) is 15.1. The van der Waals surface area contributed by atoms with Crippen molar-refractivity contribution in [3.63, 3.8) is 0 Å². The number of anilines is 1. The second-order valence-corrected chi connectivity index (χ2v) is 11.5. The van der Waals surface area contributed by atoms with Gasteiger partial charge in [0, 0.05) is 25.8 Å². The lowest BCUT2D eigenvalue weighted by molar-refractivity contribution is -0.147. The van der Waals surface area contributed by atoms with Crippen LogP contribution in [0.1, 0.15) is 48.9 Å². The number of esters is 1. The van der Waals surface area contributed by atoms with Gasteiger partial charge in [-0.3, -0.25) is 14.5 Å². The molecule has 1 aromatic heterocycles. The molecule has 12 heteroatoms. The van der Waals surface area contributed by atoms with Gasteiger partial charge in [-0.05, 0) is 71.8 Å². The van der Waals surface area contributed by atoms with E-state index >= 15 is 0 Å². The Morgan fingerprint density at radius 3 is 2.48 bits per heavy atom. The molecule has 4 rings (SSSR count). The van der Waals surface area contributed by atoms with E-state index in [4.69, 9.17) is 14.2 Å². The topological polar surface area (TPSA) is 98.3 Å². The van der Waals surface area contributed by atoms with Crippen molar-refractivity contribution >= 4 is 23.8 Å². The van der Waals surface area contributed by atoms with E-state index in [1.165, 1.54) is 24.1 Å². The van der Waals surface area contributed by atoms with E-state index in [1.54, 1.807) is 35.4 Å². The normalized spacial score (nSPS) is 14.8. The van der Waals surface area contributed by atoms with Crippen LogP contribution in [-0.2, 0) is 44.7 Å². The largest absolute Gasteiger partial charge is 0.494 e. The number of amides is 2. The third-order valence-corrected chi connectivity index (χ3v) is 7.44. The minimum atomic E-state index is -4.47. The van der Waals surface area contributed by atoms with Crippen LogP contribution in [0.2, 0.25) is 0 Å². The smallest absolute Gasteiger partial charge is 0.416 e. The van der Waals surface area contributed by atoms with Crippen molar-refractivity contribution in [1.29, 1.82) is 0 Å². The van der Waals surface area contributed by atoms with Crippen molar-refractivity contribution in [2.24, 2.45) is 11.8 Å². The fourth-order valence-electron chi connectivity index (χ4n) is 5.07. The maximum absolute atomic E-state index is 13.6.